The second-order valence-electron chi connectivity index (χ2n) is 7.92. The molecule has 8 heteroatoms. The van der Waals surface area contributed by atoms with Gasteiger partial charge in [-0.05, 0) is 44.6 Å². The molecule has 2 saturated heterocycles. The first-order valence-corrected chi connectivity index (χ1v) is 11.7. The predicted octanol–water partition coefficient (Wildman–Crippen LogP) is 4.73. The molecule has 2 aromatic rings. The van der Waals surface area contributed by atoms with Crippen molar-refractivity contribution in [2.45, 2.75) is 38.5 Å². The Hall–Kier alpha value is -2.31. The van der Waals surface area contributed by atoms with Gasteiger partial charge in [-0.3, -0.25) is 0 Å². The SMILES string of the molecule is O=c1nc(N2CCCCC2)ccn1C(/N=C(\c1ccccc1)N1CCCCC1)=C(Cl)Cl. The number of aliphatic imine (C=N–C) groups is 1. The lowest BCUT2D eigenvalue weighted by Gasteiger charge is -2.30. The minimum absolute atomic E-state index is 0.0694. The fourth-order valence-electron chi connectivity index (χ4n) is 4.15. The Balaban J connectivity index is 1.72. The minimum atomic E-state index is -0.438. The number of benzene rings is 1. The number of aromatic nitrogens is 2. The molecule has 0 atom stereocenters. The quantitative estimate of drug-likeness (QED) is 0.489. The summed E-state index contributed by atoms with van der Waals surface area (Å²) in [5, 5.41) is 0. The Morgan fingerprint density at radius 2 is 1.52 bits per heavy atom. The van der Waals surface area contributed by atoms with Gasteiger partial charge in [0, 0.05) is 37.9 Å². The van der Waals surface area contributed by atoms with Gasteiger partial charge in [0.1, 0.15) is 16.1 Å². The van der Waals surface area contributed by atoms with Gasteiger partial charge in [0.2, 0.25) is 0 Å². The molecule has 4 rings (SSSR count). The number of nitrogens with zero attached hydrogens (tertiary/aromatic N) is 5. The average Bonchev–Trinajstić information content (AvgIpc) is 2.82. The molecule has 0 amide bonds. The van der Waals surface area contributed by atoms with Crippen LogP contribution in [0.4, 0.5) is 5.82 Å². The highest BCUT2D eigenvalue weighted by atomic mass is 35.5. The lowest BCUT2D eigenvalue weighted by Crippen LogP contribution is -2.37. The molecule has 2 fully saturated rings. The lowest BCUT2D eigenvalue weighted by molar-refractivity contribution is 0.343. The van der Waals surface area contributed by atoms with Crippen LogP contribution in [0.25, 0.3) is 5.82 Å². The molecule has 31 heavy (non-hydrogen) atoms. The van der Waals surface area contributed by atoms with Gasteiger partial charge >= 0.3 is 5.69 Å². The van der Waals surface area contributed by atoms with Crippen molar-refractivity contribution in [3.63, 3.8) is 0 Å². The van der Waals surface area contributed by atoms with Crippen LogP contribution in [0.3, 0.4) is 0 Å². The van der Waals surface area contributed by atoms with Crippen molar-refractivity contribution >= 4 is 40.7 Å². The number of hydrogen-bond acceptors (Lipinski definition) is 4. The Morgan fingerprint density at radius 3 is 2.13 bits per heavy atom. The summed E-state index contributed by atoms with van der Waals surface area (Å²) in [6.45, 7) is 3.64. The summed E-state index contributed by atoms with van der Waals surface area (Å²) in [4.78, 5) is 26.4. The smallest absolute Gasteiger partial charge is 0.355 e. The van der Waals surface area contributed by atoms with Crippen LogP contribution in [-0.4, -0.2) is 46.5 Å². The molecule has 0 aliphatic carbocycles. The van der Waals surface area contributed by atoms with Crippen LogP contribution in [0.1, 0.15) is 44.1 Å². The van der Waals surface area contributed by atoms with Crippen LogP contribution in [-0.2, 0) is 0 Å². The second kappa shape index (κ2) is 10.3. The van der Waals surface area contributed by atoms with Crippen LogP contribution < -0.4 is 10.6 Å². The molecular weight excluding hydrogens is 433 g/mol. The van der Waals surface area contributed by atoms with Gasteiger partial charge in [-0.15, -0.1) is 0 Å². The highest BCUT2D eigenvalue weighted by Gasteiger charge is 2.20. The van der Waals surface area contributed by atoms with Crippen LogP contribution in [0.15, 0.2) is 56.9 Å². The van der Waals surface area contributed by atoms with Crippen molar-refractivity contribution in [3.05, 3.63) is 63.1 Å². The first-order valence-electron chi connectivity index (χ1n) is 10.9. The first-order chi connectivity index (χ1) is 15.1. The van der Waals surface area contributed by atoms with Gasteiger partial charge in [0.15, 0.2) is 5.82 Å². The molecule has 0 N–H and O–H groups in total. The zero-order valence-electron chi connectivity index (χ0n) is 17.5. The summed E-state index contributed by atoms with van der Waals surface area (Å²) in [5.41, 5.74) is 0.522. The number of anilines is 1. The molecule has 164 valence electrons. The van der Waals surface area contributed by atoms with E-state index >= 15 is 0 Å². The maximum atomic E-state index is 12.9. The van der Waals surface area contributed by atoms with Gasteiger partial charge in [0.05, 0.1) is 0 Å². The van der Waals surface area contributed by atoms with Crippen molar-refractivity contribution < 1.29 is 0 Å². The standard InChI is InChI=1S/C23H27Cl2N5O/c24-20(25)22(30-17-12-19(26-23(30)31)28-13-6-2-7-14-28)27-21(18-10-4-1-5-11-18)29-15-8-3-9-16-29/h1,4-5,10-12,17H,2-3,6-9,13-16H2/b27-21+. The Morgan fingerprint density at radius 1 is 0.871 bits per heavy atom. The highest BCUT2D eigenvalue weighted by Crippen LogP contribution is 2.23. The van der Waals surface area contributed by atoms with E-state index in [1.165, 1.54) is 17.4 Å². The Kier molecular flexibility index (Phi) is 7.30. The minimum Gasteiger partial charge on any atom is -0.356 e. The zero-order valence-corrected chi connectivity index (χ0v) is 19.0. The van der Waals surface area contributed by atoms with E-state index in [1.807, 2.05) is 36.4 Å². The van der Waals surface area contributed by atoms with Gasteiger partial charge < -0.3 is 9.80 Å². The molecule has 6 nitrogen and oxygen atoms in total. The number of hydrogen-bond donors (Lipinski definition) is 0. The topological polar surface area (TPSA) is 53.7 Å². The van der Waals surface area contributed by atoms with Crippen molar-refractivity contribution in [1.29, 1.82) is 0 Å². The van der Waals surface area contributed by atoms with Gasteiger partial charge in [-0.1, -0.05) is 53.5 Å². The van der Waals surface area contributed by atoms with E-state index in [2.05, 4.69) is 14.8 Å². The third-order valence-corrected chi connectivity index (χ3v) is 6.10. The first kappa shape index (κ1) is 21.9. The zero-order chi connectivity index (χ0) is 21.6. The molecule has 0 radical (unpaired) electrons. The molecular formula is C23H27Cl2N5O. The third kappa shape index (κ3) is 5.31. The summed E-state index contributed by atoms with van der Waals surface area (Å²) >= 11 is 12.5. The fourth-order valence-corrected chi connectivity index (χ4v) is 4.42. The molecule has 0 saturated carbocycles. The molecule has 0 bridgehead atoms. The summed E-state index contributed by atoms with van der Waals surface area (Å²) in [6.07, 6.45) is 8.53. The van der Waals surface area contributed by atoms with E-state index in [0.29, 0.717) is 5.82 Å². The van der Waals surface area contributed by atoms with Crippen molar-refractivity contribution in [2.75, 3.05) is 31.1 Å². The lowest BCUT2D eigenvalue weighted by atomic mass is 10.1. The fraction of sp³-hybridized carbons (Fsp3) is 0.435. The van der Waals surface area contributed by atoms with E-state index in [9.17, 15) is 4.79 Å². The molecule has 3 heterocycles. The summed E-state index contributed by atoms with van der Waals surface area (Å²) < 4.78 is 1.26. The number of halogens is 2. The van der Waals surface area contributed by atoms with Crippen LogP contribution in [0.5, 0.6) is 0 Å². The number of amidine groups is 1. The van der Waals surface area contributed by atoms with Crippen LogP contribution in [0, 0.1) is 0 Å². The van der Waals surface area contributed by atoms with E-state index in [0.717, 1.165) is 63.3 Å². The van der Waals surface area contributed by atoms with Crippen LogP contribution >= 0.6 is 23.2 Å². The molecule has 0 unspecified atom stereocenters. The Bertz CT molecular complexity index is 1000. The van der Waals surface area contributed by atoms with Gasteiger partial charge in [0.25, 0.3) is 0 Å². The second-order valence-corrected chi connectivity index (χ2v) is 8.87. The average molecular weight is 460 g/mol. The van der Waals surface area contributed by atoms with Crippen molar-refractivity contribution in [2.24, 2.45) is 4.99 Å². The monoisotopic (exact) mass is 459 g/mol. The normalized spacial score (nSPS) is 17.5. The maximum absolute atomic E-state index is 12.9. The number of rotatable bonds is 4. The predicted molar refractivity (Wildman–Crippen MR) is 128 cm³/mol. The molecule has 1 aromatic carbocycles. The van der Waals surface area contributed by atoms with E-state index in [1.54, 1.807) is 6.20 Å². The van der Waals surface area contributed by atoms with Crippen molar-refractivity contribution in [3.8, 4) is 0 Å². The summed E-state index contributed by atoms with van der Waals surface area (Å²) in [6, 6.07) is 11.8. The van der Waals surface area contributed by atoms with E-state index < -0.39 is 5.69 Å². The van der Waals surface area contributed by atoms with Crippen LogP contribution in [0.2, 0.25) is 0 Å². The summed E-state index contributed by atoms with van der Waals surface area (Å²) in [7, 11) is 0. The largest absolute Gasteiger partial charge is 0.356 e. The molecule has 1 aromatic heterocycles. The molecule has 2 aliphatic heterocycles. The van der Waals surface area contributed by atoms with E-state index in [-0.39, 0.29) is 10.3 Å². The number of likely N-dealkylation sites (tertiary alicyclic amines) is 1. The summed E-state index contributed by atoms with van der Waals surface area (Å²) in [5.74, 6) is 1.64. The molecule has 2 aliphatic rings. The van der Waals surface area contributed by atoms with E-state index in [4.69, 9.17) is 28.2 Å². The van der Waals surface area contributed by atoms with Crippen molar-refractivity contribution in [1.82, 2.24) is 14.5 Å². The van der Waals surface area contributed by atoms with Gasteiger partial charge in [-0.25, -0.2) is 14.4 Å². The number of piperidine rings is 2. The third-order valence-electron chi connectivity index (χ3n) is 5.77. The maximum Gasteiger partial charge on any atom is 0.355 e. The van der Waals surface area contributed by atoms with Gasteiger partial charge in [-0.2, -0.15) is 4.98 Å². The Labute approximate surface area is 192 Å². The molecule has 0 spiro atoms. The highest BCUT2D eigenvalue weighted by molar-refractivity contribution is 6.58.